The van der Waals surface area contributed by atoms with Gasteiger partial charge in [-0.1, -0.05) is 30.3 Å². The number of hydrogen-bond acceptors (Lipinski definition) is 4. The number of sulfonamides is 1. The molecule has 0 aliphatic rings. The molecule has 0 bridgehead atoms. The Hall–Kier alpha value is -1.93. The summed E-state index contributed by atoms with van der Waals surface area (Å²) < 4.78 is 22.9. The fourth-order valence-electron chi connectivity index (χ4n) is 1.02. The van der Waals surface area contributed by atoms with Gasteiger partial charge in [0.1, 0.15) is 0 Å². The van der Waals surface area contributed by atoms with Crippen molar-refractivity contribution in [3.8, 4) is 0 Å². The molecular weight excluding hydrogens is 246 g/mol. The van der Waals surface area contributed by atoms with Crippen LogP contribution in [0, 0.1) is 0 Å². The monoisotopic (exact) mass is 257 g/mol. The van der Waals surface area contributed by atoms with Crippen molar-refractivity contribution in [1.82, 2.24) is 10.3 Å². The summed E-state index contributed by atoms with van der Waals surface area (Å²) in [5.41, 5.74) is 6.87. The maximum atomic E-state index is 11.4. The molecule has 0 aliphatic heterocycles. The van der Waals surface area contributed by atoms with Gasteiger partial charge in [0.25, 0.3) is 0 Å². The summed E-state index contributed by atoms with van der Waals surface area (Å²) in [4.78, 5) is 22.8. The highest BCUT2D eigenvalue weighted by Gasteiger charge is 2.14. The molecule has 0 saturated carbocycles. The van der Waals surface area contributed by atoms with Crippen LogP contribution < -0.4 is 16.0 Å². The number of carbonyl (C=O) groups excluding carboxylic acids is 2. The molecule has 92 valence electrons. The van der Waals surface area contributed by atoms with Gasteiger partial charge in [0.05, 0.1) is 5.75 Å². The van der Waals surface area contributed by atoms with E-state index in [9.17, 15) is 18.0 Å². The van der Waals surface area contributed by atoms with E-state index >= 15 is 0 Å². The summed E-state index contributed by atoms with van der Waals surface area (Å²) >= 11 is 0. The Balaban J connectivity index is 2.59. The van der Waals surface area contributed by atoms with Gasteiger partial charge in [-0.2, -0.15) is 0 Å². The first-order valence-electron chi connectivity index (χ1n) is 4.54. The molecule has 0 saturated heterocycles. The van der Waals surface area contributed by atoms with Crippen molar-refractivity contribution < 1.29 is 18.0 Å². The molecule has 4 N–H and O–H groups in total. The Morgan fingerprint density at radius 2 is 1.76 bits per heavy atom. The van der Waals surface area contributed by atoms with E-state index in [0.717, 1.165) is 0 Å². The van der Waals surface area contributed by atoms with E-state index in [1.807, 2.05) is 0 Å². The SMILES string of the molecule is NC(=O)C(=O)NNS(=O)(=O)Cc1ccccc1. The van der Waals surface area contributed by atoms with Gasteiger partial charge in [-0.25, -0.2) is 8.42 Å². The minimum Gasteiger partial charge on any atom is -0.361 e. The van der Waals surface area contributed by atoms with E-state index in [4.69, 9.17) is 0 Å². The van der Waals surface area contributed by atoms with Crippen molar-refractivity contribution in [2.45, 2.75) is 5.75 Å². The van der Waals surface area contributed by atoms with Crippen LogP contribution in [0.3, 0.4) is 0 Å². The Labute approximate surface area is 98.0 Å². The lowest BCUT2D eigenvalue weighted by atomic mass is 10.2. The van der Waals surface area contributed by atoms with Gasteiger partial charge in [-0.05, 0) is 5.56 Å². The Bertz CT molecular complexity index is 512. The molecule has 0 fully saturated rings. The van der Waals surface area contributed by atoms with Crippen LogP contribution in [0.2, 0.25) is 0 Å². The van der Waals surface area contributed by atoms with Gasteiger partial charge in [-0.3, -0.25) is 15.0 Å². The number of nitrogens with two attached hydrogens (primary N) is 1. The van der Waals surface area contributed by atoms with Crippen LogP contribution in [-0.4, -0.2) is 20.2 Å². The number of amides is 2. The van der Waals surface area contributed by atoms with Crippen LogP contribution in [0.4, 0.5) is 0 Å². The zero-order valence-corrected chi connectivity index (χ0v) is 9.53. The van der Waals surface area contributed by atoms with E-state index in [0.29, 0.717) is 5.56 Å². The Morgan fingerprint density at radius 3 is 2.29 bits per heavy atom. The van der Waals surface area contributed by atoms with Gasteiger partial charge in [-0.15, -0.1) is 4.83 Å². The molecule has 0 unspecified atom stereocenters. The molecule has 0 radical (unpaired) electrons. The molecule has 1 aromatic rings. The van der Waals surface area contributed by atoms with Crippen molar-refractivity contribution in [2.24, 2.45) is 5.73 Å². The highest BCUT2D eigenvalue weighted by molar-refractivity contribution is 7.88. The van der Waals surface area contributed by atoms with Crippen molar-refractivity contribution in [3.63, 3.8) is 0 Å². The lowest BCUT2D eigenvalue weighted by Gasteiger charge is -2.06. The Morgan fingerprint density at radius 1 is 1.18 bits per heavy atom. The quantitative estimate of drug-likeness (QED) is 0.455. The number of hydrazine groups is 1. The van der Waals surface area contributed by atoms with E-state index in [1.165, 1.54) is 0 Å². The highest BCUT2D eigenvalue weighted by Crippen LogP contribution is 2.02. The third kappa shape index (κ3) is 4.62. The highest BCUT2D eigenvalue weighted by atomic mass is 32.2. The molecule has 0 spiro atoms. The first kappa shape index (κ1) is 13.1. The molecule has 1 rings (SSSR count). The fraction of sp³-hybridized carbons (Fsp3) is 0.111. The van der Waals surface area contributed by atoms with Crippen molar-refractivity contribution >= 4 is 21.8 Å². The molecular formula is C9H11N3O4S. The molecule has 2 amide bonds. The van der Waals surface area contributed by atoms with Crippen molar-refractivity contribution in [1.29, 1.82) is 0 Å². The van der Waals surface area contributed by atoms with Crippen LogP contribution in [-0.2, 0) is 25.4 Å². The summed E-state index contributed by atoms with van der Waals surface area (Å²) in [6, 6.07) is 8.36. The Kier molecular flexibility index (Phi) is 4.18. The topological polar surface area (TPSA) is 118 Å². The predicted molar refractivity (Wildman–Crippen MR) is 59.5 cm³/mol. The van der Waals surface area contributed by atoms with E-state index in [1.54, 1.807) is 40.6 Å². The first-order chi connectivity index (χ1) is 7.91. The number of benzene rings is 1. The second kappa shape index (κ2) is 5.41. The summed E-state index contributed by atoms with van der Waals surface area (Å²) in [7, 11) is -3.75. The number of primary amides is 1. The summed E-state index contributed by atoms with van der Waals surface area (Å²) in [5.74, 6) is -2.80. The lowest BCUT2D eigenvalue weighted by molar-refractivity contribution is -0.137. The van der Waals surface area contributed by atoms with Gasteiger partial charge < -0.3 is 5.73 Å². The van der Waals surface area contributed by atoms with Gasteiger partial charge in [0, 0.05) is 0 Å². The molecule has 7 nitrogen and oxygen atoms in total. The van der Waals surface area contributed by atoms with Gasteiger partial charge >= 0.3 is 11.8 Å². The molecule has 17 heavy (non-hydrogen) atoms. The van der Waals surface area contributed by atoms with Crippen LogP contribution in [0.15, 0.2) is 30.3 Å². The summed E-state index contributed by atoms with van der Waals surface area (Å²) in [6.07, 6.45) is 0. The molecule has 0 aromatic heterocycles. The number of rotatable bonds is 4. The maximum Gasteiger partial charge on any atom is 0.323 e. The third-order valence-electron chi connectivity index (χ3n) is 1.74. The van der Waals surface area contributed by atoms with E-state index in [2.05, 4.69) is 5.73 Å². The minimum absolute atomic E-state index is 0.313. The fourth-order valence-corrected chi connectivity index (χ4v) is 1.97. The van der Waals surface area contributed by atoms with Crippen LogP contribution in [0.1, 0.15) is 5.56 Å². The minimum atomic E-state index is -3.75. The maximum absolute atomic E-state index is 11.4. The zero-order chi connectivity index (χ0) is 12.9. The normalized spacial score (nSPS) is 10.8. The van der Waals surface area contributed by atoms with E-state index in [-0.39, 0.29) is 5.75 Å². The van der Waals surface area contributed by atoms with Gasteiger partial charge in [0.15, 0.2) is 0 Å². The van der Waals surface area contributed by atoms with E-state index < -0.39 is 21.8 Å². The largest absolute Gasteiger partial charge is 0.361 e. The molecule has 0 aliphatic carbocycles. The van der Waals surface area contributed by atoms with Crippen LogP contribution >= 0.6 is 0 Å². The predicted octanol–water partition coefficient (Wildman–Crippen LogP) is -1.38. The summed E-state index contributed by atoms with van der Waals surface area (Å²) in [6.45, 7) is 0. The van der Waals surface area contributed by atoms with Crippen molar-refractivity contribution in [3.05, 3.63) is 35.9 Å². The number of carbonyl (C=O) groups is 2. The van der Waals surface area contributed by atoms with Gasteiger partial charge in [0.2, 0.25) is 10.0 Å². The standard InChI is InChI=1S/C9H11N3O4S/c10-8(13)9(14)11-12-17(15,16)6-7-4-2-1-3-5-7/h1-5,12H,6H2,(H2,10,13)(H,11,14). The lowest BCUT2D eigenvalue weighted by Crippen LogP contribution is -2.47. The smallest absolute Gasteiger partial charge is 0.323 e. The molecule has 0 atom stereocenters. The van der Waals surface area contributed by atoms with Crippen LogP contribution in [0.5, 0.6) is 0 Å². The average Bonchev–Trinajstić information content (AvgIpc) is 2.26. The third-order valence-corrected chi connectivity index (χ3v) is 2.87. The zero-order valence-electron chi connectivity index (χ0n) is 8.71. The van der Waals surface area contributed by atoms with Crippen molar-refractivity contribution in [2.75, 3.05) is 0 Å². The molecule has 1 aromatic carbocycles. The summed E-state index contributed by atoms with van der Waals surface area (Å²) in [5, 5.41) is 0. The molecule has 8 heteroatoms. The number of hydrogen-bond donors (Lipinski definition) is 3. The second-order valence-corrected chi connectivity index (χ2v) is 4.89. The first-order valence-corrected chi connectivity index (χ1v) is 6.19. The number of nitrogens with one attached hydrogen (secondary N) is 2. The second-order valence-electron chi connectivity index (χ2n) is 3.17. The molecule has 0 heterocycles. The van der Waals surface area contributed by atoms with Crippen LogP contribution in [0.25, 0.3) is 0 Å². The average molecular weight is 257 g/mol.